The summed E-state index contributed by atoms with van der Waals surface area (Å²) >= 11 is 0. The van der Waals surface area contributed by atoms with E-state index in [0.29, 0.717) is 50.6 Å². The molecule has 1 amide bonds. The zero-order valence-corrected chi connectivity index (χ0v) is 18.2. The van der Waals surface area contributed by atoms with Gasteiger partial charge in [0.15, 0.2) is 11.5 Å². The molecule has 0 spiro atoms. The molecule has 8 heteroatoms. The summed E-state index contributed by atoms with van der Waals surface area (Å²) < 4.78 is 37.7. The monoisotopic (exact) mass is 432 g/mol. The molecule has 2 aromatic carbocycles. The van der Waals surface area contributed by atoms with Crippen LogP contribution in [-0.4, -0.2) is 45.4 Å². The standard InChI is InChI=1S/C22H28N2O5S/c1-3-29-21-15-17(9-10-20(21)28-2)16-23-22(25)18-11-13-24(14-12-18)30(26,27)19-7-5-4-6-8-19/h4-10,15,18H,3,11-14,16H2,1-2H3,(H,23,25). The maximum atomic E-state index is 12.7. The maximum Gasteiger partial charge on any atom is 0.243 e. The van der Waals surface area contributed by atoms with E-state index in [1.54, 1.807) is 37.4 Å². The van der Waals surface area contributed by atoms with E-state index < -0.39 is 10.0 Å². The zero-order valence-electron chi connectivity index (χ0n) is 17.3. The lowest BCUT2D eigenvalue weighted by Crippen LogP contribution is -2.42. The van der Waals surface area contributed by atoms with Crippen molar-refractivity contribution in [3.63, 3.8) is 0 Å². The molecule has 1 saturated heterocycles. The van der Waals surface area contributed by atoms with Crippen LogP contribution in [0.25, 0.3) is 0 Å². The van der Waals surface area contributed by atoms with E-state index in [-0.39, 0.29) is 16.7 Å². The van der Waals surface area contributed by atoms with Crippen molar-refractivity contribution >= 4 is 15.9 Å². The van der Waals surface area contributed by atoms with Crippen LogP contribution >= 0.6 is 0 Å². The van der Waals surface area contributed by atoms with Gasteiger partial charge in [0.2, 0.25) is 15.9 Å². The minimum Gasteiger partial charge on any atom is -0.493 e. The van der Waals surface area contributed by atoms with E-state index in [4.69, 9.17) is 9.47 Å². The van der Waals surface area contributed by atoms with Crippen LogP contribution in [0.4, 0.5) is 0 Å². The number of hydrogen-bond acceptors (Lipinski definition) is 5. The van der Waals surface area contributed by atoms with Crippen molar-refractivity contribution in [1.82, 2.24) is 9.62 Å². The van der Waals surface area contributed by atoms with Crippen LogP contribution in [0.15, 0.2) is 53.4 Å². The lowest BCUT2D eigenvalue weighted by molar-refractivity contribution is -0.126. The third-order valence-corrected chi connectivity index (χ3v) is 7.11. The Bertz CT molecular complexity index is 955. The summed E-state index contributed by atoms with van der Waals surface area (Å²) in [6.07, 6.45) is 1.01. The number of amides is 1. The fraction of sp³-hybridized carbons (Fsp3) is 0.409. The smallest absolute Gasteiger partial charge is 0.243 e. The van der Waals surface area contributed by atoms with Gasteiger partial charge in [-0.15, -0.1) is 0 Å². The molecule has 0 aliphatic carbocycles. The van der Waals surface area contributed by atoms with Gasteiger partial charge in [-0.3, -0.25) is 4.79 Å². The van der Waals surface area contributed by atoms with Crippen LogP contribution in [0.2, 0.25) is 0 Å². The Morgan fingerprint density at radius 3 is 2.43 bits per heavy atom. The van der Waals surface area contributed by atoms with Crippen LogP contribution in [0, 0.1) is 5.92 Å². The lowest BCUT2D eigenvalue weighted by atomic mass is 9.97. The fourth-order valence-electron chi connectivity index (χ4n) is 3.53. The first kappa shape index (κ1) is 22.1. The molecule has 0 atom stereocenters. The van der Waals surface area contributed by atoms with E-state index >= 15 is 0 Å². The molecule has 1 fully saturated rings. The summed E-state index contributed by atoms with van der Waals surface area (Å²) in [7, 11) is -1.92. The molecule has 0 aromatic heterocycles. The molecule has 0 unspecified atom stereocenters. The lowest BCUT2D eigenvalue weighted by Gasteiger charge is -2.30. The highest BCUT2D eigenvalue weighted by Gasteiger charge is 2.31. The second-order valence-electron chi connectivity index (χ2n) is 7.13. The van der Waals surface area contributed by atoms with Crippen LogP contribution in [0.5, 0.6) is 11.5 Å². The molecule has 1 heterocycles. The first-order chi connectivity index (χ1) is 14.5. The van der Waals surface area contributed by atoms with Crippen LogP contribution in [0.1, 0.15) is 25.3 Å². The number of piperidine rings is 1. The minimum atomic E-state index is -3.51. The van der Waals surface area contributed by atoms with Crippen molar-refractivity contribution in [2.75, 3.05) is 26.8 Å². The highest BCUT2D eigenvalue weighted by molar-refractivity contribution is 7.89. The minimum absolute atomic E-state index is 0.0551. The summed E-state index contributed by atoms with van der Waals surface area (Å²) in [6.45, 7) is 3.49. The number of sulfonamides is 1. The number of carbonyl (C=O) groups excluding carboxylic acids is 1. The van der Waals surface area contributed by atoms with Gasteiger partial charge in [-0.05, 0) is 49.6 Å². The molecule has 1 N–H and O–H groups in total. The SMILES string of the molecule is CCOc1cc(CNC(=O)C2CCN(S(=O)(=O)c3ccccc3)CC2)ccc1OC. The Labute approximate surface area is 178 Å². The molecule has 0 saturated carbocycles. The van der Waals surface area contributed by atoms with Crippen LogP contribution < -0.4 is 14.8 Å². The third-order valence-electron chi connectivity index (χ3n) is 5.20. The molecule has 1 aliphatic heterocycles. The van der Waals surface area contributed by atoms with Gasteiger partial charge in [-0.1, -0.05) is 24.3 Å². The molecule has 7 nitrogen and oxygen atoms in total. The van der Waals surface area contributed by atoms with Gasteiger partial charge in [-0.2, -0.15) is 4.31 Å². The van der Waals surface area contributed by atoms with Gasteiger partial charge in [0, 0.05) is 25.6 Å². The molecule has 2 aromatic rings. The largest absolute Gasteiger partial charge is 0.493 e. The van der Waals surface area contributed by atoms with E-state index in [0.717, 1.165) is 5.56 Å². The molecule has 3 rings (SSSR count). The van der Waals surface area contributed by atoms with E-state index in [2.05, 4.69) is 5.32 Å². The highest BCUT2D eigenvalue weighted by atomic mass is 32.2. The number of rotatable bonds is 8. The van der Waals surface area contributed by atoms with Crippen molar-refractivity contribution < 1.29 is 22.7 Å². The summed E-state index contributed by atoms with van der Waals surface area (Å²) in [5, 5.41) is 2.96. The van der Waals surface area contributed by atoms with Gasteiger partial charge < -0.3 is 14.8 Å². The number of benzene rings is 2. The van der Waals surface area contributed by atoms with Gasteiger partial charge in [0.1, 0.15) is 0 Å². The second-order valence-corrected chi connectivity index (χ2v) is 9.07. The number of ether oxygens (including phenoxy) is 2. The van der Waals surface area contributed by atoms with E-state index in [9.17, 15) is 13.2 Å². The summed E-state index contributed by atoms with van der Waals surface area (Å²) in [4.78, 5) is 12.9. The summed E-state index contributed by atoms with van der Waals surface area (Å²) in [6, 6.07) is 14.0. The van der Waals surface area contributed by atoms with Gasteiger partial charge in [0.25, 0.3) is 0 Å². The van der Waals surface area contributed by atoms with Gasteiger partial charge in [-0.25, -0.2) is 8.42 Å². The normalized spacial score (nSPS) is 15.5. The summed E-state index contributed by atoms with van der Waals surface area (Å²) in [5.41, 5.74) is 0.914. The maximum absolute atomic E-state index is 12.7. The van der Waals surface area contributed by atoms with Gasteiger partial charge in [0.05, 0.1) is 18.6 Å². The van der Waals surface area contributed by atoms with Crippen molar-refractivity contribution in [3.8, 4) is 11.5 Å². The van der Waals surface area contributed by atoms with Crippen molar-refractivity contribution in [1.29, 1.82) is 0 Å². The second kappa shape index (κ2) is 9.95. The Kier molecular flexibility index (Phi) is 7.33. The number of hydrogen-bond donors (Lipinski definition) is 1. The number of nitrogens with one attached hydrogen (secondary N) is 1. The molecule has 30 heavy (non-hydrogen) atoms. The Morgan fingerprint density at radius 1 is 1.10 bits per heavy atom. The number of nitrogens with zero attached hydrogens (tertiary/aromatic N) is 1. The van der Waals surface area contributed by atoms with Crippen LogP contribution in [0.3, 0.4) is 0 Å². The van der Waals surface area contributed by atoms with Crippen molar-refractivity contribution in [2.45, 2.75) is 31.2 Å². The highest BCUT2D eigenvalue weighted by Crippen LogP contribution is 2.28. The summed E-state index contributed by atoms with van der Waals surface area (Å²) in [5.74, 6) is 1.04. The number of methoxy groups -OCH3 is 1. The van der Waals surface area contributed by atoms with Crippen molar-refractivity contribution in [3.05, 3.63) is 54.1 Å². The molecule has 0 radical (unpaired) electrons. The Morgan fingerprint density at radius 2 is 1.80 bits per heavy atom. The third kappa shape index (κ3) is 5.12. The molecular weight excluding hydrogens is 404 g/mol. The van der Waals surface area contributed by atoms with E-state index in [1.165, 1.54) is 4.31 Å². The Hall–Kier alpha value is -2.58. The predicted molar refractivity (Wildman–Crippen MR) is 114 cm³/mol. The van der Waals surface area contributed by atoms with Crippen LogP contribution in [-0.2, 0) is 21.4 Å². The topological polar surface area (TPSA) is 84.9 Å². The quantitative estimate of drug-likeness (QED) is 0.693. The molecule has 0 bridgehead atoms. The van der Waals surface area contributed by atoms with Crippen molar-refractivity contribution in [2.24, 2.45) is 5.92 Å². The predicted octanol–water partition coefficient (Wildman–Crippen LogP) is 2.81. The first-order valence-electron chi connectivity index (χ1n) is 10.1. The Balaban J connectivity index is 1.54. The number of carbonyl (C=O) groups is 1. The molecule has 1 aliphatic rings. The fourth-order valence-corrected chi connectivity index (χ4v) is 5.02. The zero-order chi connectivity index (χ0) is 21.6. The average molecular weight is 433 g/mol. The average Bonchev–Trinajstić information content (AvgIpc) is 2.78. The van der Waals surface area contributed by atoms with Gasteiger partial charge >= 0.3 is 0 Å². The molecular formula is C22H28N2O5S. The first-order valence-corrected chi connectivity index (χ1v) is 11.5. The van der Waals surface area contributed by atoms with E-state index in [1.807, 2.05) is 25.1 Å². The molecule has 162 valence electrons.